The molecule has 8 heteroatoms. The number of thioether (sulfide) groups is 1. The van der Waals surface area contributed by atoms with Gasteiger partial charge in [-0.2, -0.15) is 0 Å². The highest BCUT2D eigenvalue weighted by Crippen LogP contribution is 2.47. The number of aromatic nitrogens is 2. The number of rotatable bonds is 5. The van der Waals surface area contributed by atoms with Crippen LogP contribution in [0.5, 0.6) is 0 Å². The molecule has 0 saturated carbocycles. The lowest BCUT2D eigenvalue weighted by molar-refractivity contribution is -0.0817. The van der Waals surface area contributed by atoms with Gasteiger partial charge in [0, 0.05) is 5.56 Å². The third-order valence-corrected chi connectivity index (χ3v) is 8.78. The maximum absolute atomic E-state index is 14.0. The number of imidazole rings is 1. The fourth-order valence-corrected chi connectivity index (χ4v) is 7.05. The van der Waals surface area contributed by atoms with Crippen molar-refractivity contribution in [2.45, 2.75) is 15.2 Å². The normalized spacial score (nSPS) is 15.8. The van der Waals surface area contributed by atoms with Gasteiger partial charge in [0.2, 0.25) is 0 Å². The first-order valence-corrected chi connectivity index (χ1v) is 13.1. The third-order valence-electron chi connectivity index (χ3n) is 5.77. The van der Waals surface area contributed by atoms with Crippen molar-refractivity contribution in [3.63, 3.8) is 0 Å². The summed E-state index contributed by atoms with van der Waals surface area (Å²) in [4.78, 5) is 4.88. The zero-order chi connectivity index (χ0) is 23.2. The Hall–Kier alpha value is -3.17. The SMILES string of the molecule is O=S(=O)(c1ccc2ccccc2c1)n1c(SC2(c3ccccc3)OCCO2)nc2ccccc21. The van der Waals surface area contributed by atoms with Crippen LogP contribution in [0, 0.1) is 0 Å². The molecule has 0 atom stereocenters. The Kier molecular flexibility index (Phi) is 5.18. The van der Waals surface area contributed by atoms with Gasteiger partial charge in [0.15, 0.2) is 5.16 Å². The summed E-state index contributed by atoms with van der Waals surface area (Å²) in [5.74, 6) is 0. The quantitative estimate of drug-likeness (QED) is 0.331. The van der Waals surface area contributed by atoms with Crippen LogP contribution in [0.2, 0.25) is 0 Å². The highest BCUT2D eigenvalue weighted by Gasteiger charge is 2.42. The Morgan fingerprint density at radius 2 is 1.47 bits per heavy atom. The first-order valence-electron chi connectivity index (χ1n) is 10.8. The first-order chi connectivity index (χ1) is 16.6. The average Bonchev–Trinajstić information content (AvgIpc) is 3.50. The zero-order valence-electron chi connectivity index (χ0n) is 18.0. The van der Waals surface area contributed by atoms with E-state index in [1.807, 2.05) is 66.7 Å². The smallest absolute Gasteiger partial charge is 0.270 e. The van der Waals surface area contributed by atoms with Crippen molar-refractivity contribution in [1.29, 1.82) is 0 Å². The van der Waals surface area contributed by atoms with Crippen LogP contribution in [0.3, 0.4) is 0 Å². The maximum atomic E-state index is 14.0. The van der Waals surface area contributed by atoms with Crippen LogP contribution in [0.4, 0.5) is 0 Å². The molecule has 0 spiro atoms. The van der Waals surface area contributed by atoms with Crippen molar-refractivity contribution in [3.05, 3.63) is 103 Å². The van der Waals surface area contributed by atoms with E-state index in [-0.39, 0.29) is 10.1 Å². The number of para-hydroxylation sites is 2. The van der Waals surface area contributed by atoms with Crippen LogP contribution in [-0.2, 0) is 24.6 Å². The lowest BCUT2D eigenvalue weighted by atomic mass is 10.1. The molecule has 4 aromatic carbocycles. The first kappa shape index (κ1) is 21.4. The maximum Gasteiger partial charge on any atom is 0.270 e. The molecule has 170 valence electrons. The van der Waals surface area contributed by atoms with Gasteiger partial charge >= 0.3 is 0 Å². The van der Waals surface area contributed by atoms with Crippen molar-refractivity contribution < 1.29 is 17.9 Å². The van der Waals surface area contributed by atoms with Crippen LogP contribution >= 0.6 is 11.8 Å². The van der Waals surface area contributed by atoms with Gasteiger partial charge in [-0.25, -0.2) is 17.4 Å². The third kappa shape index (κ3) is 3.50. The topological polar surface area (TPSA) is 70.4 Å². The molecule has 2 heterocycles. The van der Waals surface area contributed by atoms with Gasteiger partial charge in [0.1, 0.15) is 0 Å². The second kappa shape index (κ2) is 8.25. The number of hydrogen-bond acceptors (Lipinski definition) is 6. The lowest BCUT2D eigenvalue weighted by Gasteiger charge is -2.26. The molecule has 0 N–H and O–H groups in total. The van der Waals surface area contributed by atoms with Gasteiger partial charge in [0.05, 0.1) is 29.1 Å². The molecule has 1 aromatic heterocycles. The van der Waals surface area contributed by atoms with Crippen LogP contribution in [0.25, 0.3) is 21.8 Å². The van der Waals surface area contributed by atoms with E-state index in [4.69, 9.17) is 9.47 Å². The molecule has 0 radical (unpaired) electrons. The van der Waals surface area contributed by atoms with Crippen molar-refractivity contribution >= 4 is 43.6 Å². The summed E-state index contributed by atoms with van der Waals surface area (Å²) in [5.41, 5.74) is 1.87. The fraction of sp³-hybridized carbons (Fsp3) is 0.115. The van der Waals surface area contributed by atoms with Gasteiger partial charge in [0.25, 0.3) is 15.1 Å². The predicted molar refractivity (Wildman–Crippen MR) is 132 cm³/mol. The summed E-state index contributed by atoms with van der Waals surface area (Å²) in [6, 6.07) is 29.6. The van der Waals surface area contributed by atoms with Gasteiger partial charge in [-0.1, -0.05) is 72.8 Å². The van der Waals surface area contributed by atoms with Gasteiger partial charge in [-0.05, 0) is 46.8 Å². The van der Waals surface area contributed by atoms with E-state index in [9.17, 15) is 8.42 Å². The van der Waals surface area contributed by atoms with Crippen molar-refractivity contribution in [2.75, 3.05) is 13.2 Å². The molecule has 6 nitrogen and oxygen atoms in total. The van der Waals surface area contributed by atoms with E-state index >= 15 is 0 Å². The van der Waals surface area contributed by atoms with E-state index < -0.39 is 15.1 Å². The Balaban J connectivity index is 1.54. The largest absolute Gasteiger partial charge is 0.335 e. The molecule has 0 aliphatic carbocycles. The predicted octanol–water partition coefficient (Wildman–Crippen LogP) is 5.38. The molecule has 1 aliphatic heterocycles. The van der Waals surface area contributed by atoms with E-state index in [2.05, 4.69) is 4.98 Å². The molecule has 0 bridgehead atoms. The van der Waals surface area contributed by atoms with Gasteiger partial charge in [-0.15, -0.1) is 0 Å². The number of nitrogens with zero attached hydrogens (tertiary/aromatic N) is 2. The van der Waals surface area contributed by atoms with Gasteiger partial charge in [-0.3, -0.25) is 0 Å². The molecule has 34 heavy (non-hydrogen) atoms. The van der Waals surface area contributed by atoms with E-state index in [0.29, 0.717) is 24.2 Å². The Morgan fingerprint density at radius 1 is 0.794 bits per heavy atom. The molecule has 0 unspecified atom stereocenters. The van der Waals surface area contributed by atoms with Crippen molar-refractivity contribution in [1.82, 2.24) is 8.96 Å². The summed E-state index contributed by atoms with van der Waals surface area (Å²) in [5, 5.41) is 0.923. The monoisotopic (exact) mass is 488 g/mol. The highest BCUT2D eigenvalue weighted by atomic mass is 32.2. The number of ether oxygens (including phenoxy) is 2. The van der Waals surface area contributed by atoms with Crippen LogP contribution < -0.4 is 0 Å². The standard InChI is InChI=1S/C26H20N2O4S2/c29-34(30,22-15-14-19-8-4-5-9-20(19)18-22)28-24-13-7-6-12-23(24)27-25(28)33-26(31-16-17-32-26)21-10-2-1-3-11-21/h1-15,18H,16-17H2. The van der Waals surface area contributed by atoms with E-state index in [1.54, 1.807) is 30.3 Å². The molecule has 0 amide bonds. The summed E-state index contributed by atoms with van der Waals surface area (Å²) in [7, 11) is -3.97. The van der Waals surface area contributed by atoms with Crippen molar-refractivity contribution in [3.8, 4) is 0 Å². The molecule has 1 aliphatic rings. The number of benzene rings is 4. The van der Waals surface area contributed by atoms with Crippen molar-refractivity contribution in [2.24, 2.45) is 0 Å². The number of fused-ring (bicyclic) bond motifs is 2. The Labute approximate surface area is 201 Å². The number of hydrogen-bond donors (Lipinski definition) is 0. The van der Waals surface area contributed by atoms with Crippen LogP contribution in [0.15, 0.2) is 107 Å². The minimum atomic E-state index is -3.97. The second-order valence-electron chi connectivity index (χ2n) is 7.88. The van der Waals surface area contributed by atoms with E-state index in [0.717, 1.165) is 28.1 Å². The fourth-order valence-electron chi connectivity index (χ4n) is 4.15. The summed E-state index contributed by atoms with van der Waals surface area (Å²) < 4.78 is 41.4. The van der Waals surface area contributed by atoms with Gasteiger partial charge < -0.3 is 9.47 Å². The lowest BCUT2D eigenvalue weighted by Crippen LogP contribution is -2.24. The molecule has 1 saturated heterocycles. The minimum absolute atomic E-state index is 0.193. The molecule has 6 rings (SSSR count). The highest BCUT2D eigenvalue weighted by molar-refractivity contribution is 8.00. The minimum Gasteiger partial charge on any atom is -0.335 e. The molecule has 1 fully saturated rings. The van der Waals surface area contributed by atoms with E-state index in [1.165, 1.54) is 3.97 Å². The average molecular weight is 489 g/mol. The van der Waals surface area contributed by atoms with Crippen LogP contribution in [-0.4, -0.2) is 30.6 Å². The molecule has 5 aromatic rings. The summed E-state index contributed by atoms with van der Waals surface area (Å²) in [6.07, 6.45) is 0. The van der Waals surface area contributed by atoms with Crippen LogP contribution in [0.1, 0.15) is 5.56 Å². The molecular weight excluding hydrogens is 468 g/mol. The Bertz CT molecular complexity index is 1610. The summed E-state index contributed by atoms with van der Waals surface area (Å²) >= 11 is 1.16. The zero-order valence-corrected chi connectivity index (χ0v) is 19.6. The summed E-state index contributed by atoms with van der Waals surface area (Å²) in [6.45, 7) is 0.805. The molecular formula is C26H20N2O4S2. The second-order valence-corrected chi connectivity index (χ2v) is 10.8. The Morgan fingerprint density at radius 3 is 2.26 bits per heavy atom.